The molecule has 0 aliphatic rings. The fourth-order valence-corrected chi connectivity index (χ4v) is 3.80. The van der Waals surface area contributed by atoms with Gasteiger partial charge in [0.05, 0.1) is 11.2 Å². The Balaban J connectivity index is 1.63. The number of aromatic nitrogens is 3. The Labute approximate surface area is 237 Å². The molecule has 2 aromatic heterocycles. The van der Waals surface area contributed by atoms with Crippen molar-refractivity contribution in [2.24, 2.45) is 0 Å². The molecule has 4 aromatic rings. The van der Waals surface area contributed by atoms with Gasteiger partial charge in [-0.3, -0.25) is 5.32 Å². The number of benzene rings is 2. The minimum absolute atomic E-state index is 0.00959. The van der Waals surface area contributed by atoms with E-state index < -0.39 is 29.1 Å². The Morgan fingerprint density at radius 2 is 1.71 bits per heavy atom. The van der Waals surface area contributed by atoms with Crippen molar-refractivity contribution in [3.05, 3.63) is 72.3 Å². The topological polar surface area (TPSA) is 114 Å². The van der Waals surface area contributed by atoms with Crippen LogP contribution in [0.3, 0.4) is 0 Å². The standard InChI is InChI=1S/C30H33FN4O6/c1-29(2,3)40-26(36)18-38-22-9-11-24(35-13-7-12-32-35)20(15-22)17-39-25-16-19-14-21(31)8-10-23(19)33-27(25)34-28(37)41-30(4,5)6/h7-16H,17-18H2,1-6H3,(H,33,34,37). The summed E-state index contributed by atoms with van der Waals surface area (Å²) < 4.78 is 38.2. The maximum absolute atomic E-state index is 14.0. The third-order valence-corrected chi connectivity index (χ3v) is 5.32. The van der Waals surface area contributed by atoms with Gasteiger partial charge in [-0.15, -0.1) is 0 Å². The van der Waals surface area contributed by atoms with E-state index in [-0.39, 0.29) is 24.8 Å². The fourth-order valence-electron chi connectivity index (χ4n) is 3.80. The molecule has 1 N–H and O–H groups in total. The van der Waals surface area contributed by atoms with Gasteiger partial charge in [-0.2, -0.15) is 5.10 Å². The van der Waals surface area contributed by atoms with Gasteiger partial charge in [0.1, 0.15) is 29.4 Å². The maximum Gasteiger partial charge on any atom is 0.413 e. The zero-order chi connectivity index (χ0) is 29.8. The number of carbonyl (C=O) groups is 2. The van der Waals surface area contributed by atoms with Gasteiger partial charge >= 0.3 is 12.1 Å². The molecule has 0 atom stereocenters. The van der Waals surface area contributed by atoms with Crippen LogP contribution < -0.4 is 14.8 Å². The summed E-state index contributed by atoms with van der Waals surface area (Å²) in [5, 5.41) is 7.42. The molecule has 10 nitrogen and oxygen atoms in total. The van der Waals surface area contributed by atoms with Gasteiger partial charge in [0.15, 0.2) is 18.2 Å². The van der Waals surface area contributed by atoms with Crippen molar-refractivity contribution in [2.75, 3.05) is 11.9 Å². The number of nitrogens with zero attached hydrogens (tertiary/aromatic N) is 3. The first-order valence-corrected chi connectivity index (χ1v) is 13.0. The highest BCUT2D eigenvalue weighted by atomic mass is 19.1. The summed E-state index contributed by atoms with van der Waals surface area (Å²) >= 11 is 0. The molecule has 0 saturated heterocycles. The lowest BCUT2D eigenvalue weighted by Gasteiger charge is -2.21. The van der Waals surface area contributed by atoms with Crippen molar-refractivity contribution in [3.63, 3.8) is 0 Å². The quantitative estimate of drug-likeness (QED) is 0.252. The Morgan fingerprint density at radius 3 is 2.39 bits per heavy atom. The molecule has 0 spiro atoms. The van der Waals surface area contributed by atoms with E-state index in [1.165, 1.54) is 18.2 Å². The predicted molar refractivity (Wildman–Crippen MR) is 151 cm³/mol. The van der Waals surface area contributed by atoms with E-state index in [1.807, 2.05) is 0 Å². The molecule has 216 valence electrons. The van der Waals surface area contributed by atoms with Gasteiger partial charge in [0.2, 0.25) is 0 Å². The number of fused-ring (bicyclic) bond motifs is 1. The Bertz CT molecular complexity index is 1540. The summed E-state index contributed by atoms with van der Waals surface area (Å²) in [7, 11) is 0. The molecule has 0 saturated carbocycles. The highest BCUT2D eigenvalue weighted by molar-refractivity contribution is 5.90. The number of carbonyl (C=O) groups excluding carboxylic acids is 2. The average Bonchev–Trinajstić information content (AvgIpc) is 3.39. The smallest absolute Gasteiger partial charge is 0.413 e. The van der Waals surface area contributed by atoms with Crippen LogP contribution in [0.2, 0.25) is 0 Å². The first-order chi connectivity index (χ1) is 19.3. The van der Waals surface area contributed by atoms with Crippen LogP contribution in [-0.2, 0) is 20.9 Å². The molecular formula is C30H33FN4O6. The molecule has 0 bridgehead atoms. The van der Waals surface area contributed by atoms with Crippen molar-refractivity contribution >= 4 is 28.8 Å². The molecular weight excluding hydrogens is 531 g/mol. The number of amides is 1. The van der Waals surface area contributed by atoms with E-state index in [0.29, 0.717) is 27.9 Å². The number of hydrogen-bond donors (Lipinski definition) is 1. The van der Waals surface area contributed by atoms with Crippen molar-refractivity contribution < 1.29 is 32.9 Å². The van der Waals surface area contributed by atoms with E-state index >= 15 is 0 Å². The highest BCUT2D eigenvalue weighted by Gasteiger charge is 2.20. The SMILES string of the molecule is CC(C)(C)OC(=O)COc1ccc(-n2cccn2)c(COc2cc3cc(F)ccc3nc2NC(=O)OC(C)(C)C)c1. The van der Waals surface area contributed by atoms with Crippen molar-refractivity contribution in [1.82, 2.24) is 14.8 Å². The number of halogens is 1. The summed E-state index contributed by atoms with van der Waals surface area (Å²) in [5.74, 6) is -0.222. The molecule has 41 heavy (non-hydrogen) atoms. The number of pyridine rings is 1. The molecule has 1 amide bonds. The van der Waals surface area contributed by atoms with E-state index in [9.17, 15) is 14.0 Å². The zero-order valence-corrected chi connectivity index (χ0v) is 23.9. The van der Waals surface area contributed by atoms with Crippen molar-refractivity contribution in [3.8, 4) is 17.2 Å². The maximum atomic E-state index is 14.0. The van der Waals surface area contributed by atoms with Crippen LogP contribution in [0.1, 0.15) is 47.1 Å². The molecule has 4 rings (SSSR count). The summed E-state index contributed by atoms with van der Waals surface area (Å²) in [5.41, 5.74) is 0.438. The average molecular weight is 565 g/mol. The Hall–Kier alpha value is -4.67. The lowest BCUT2D eigenvalue weighted by Crippen LogP contribution is -2.27. The van der Waals surface area contributed by atoms with Gasteiger partial charge in [-0.05, 0) is 90.1 Å². The van der Waals surface area contributed by atoms with Gasteiger partial charge in [0.25, 0.3) is 0 Å². The first-order valence-electron chi connectivity index (χ1n) is 13.0. The van der Waals surface area contributed by atoms with Gasteiger partial charge in [-0.1, -0.05) is 0 Å². The van der Waals surface area contributed by atoms with E-state index in [0.717, 1.165) is 0 Å². The first kappa shape index (κ1) is 29.3. The Morgan fingerprint density at radius 1 is 0.951 bits per heavy atom. The van der Waals surface area contributed by atoms with Crippen molar-refractivity contribution in [1.29, 1.82) is 0 Å². The summed E-state index contributed by atoms with van der Waals surface area (Å²) in [6.07, 6.45) is 2.70. The number of esters is 1. The molecule has 2 aromatic carbocycles. The molecule has 0 fully saturated rings. The minimum atomic E-state index is -0.733. The number of anilines is 1. The summed E-state index contributed by atoms with van der Waals surface area (Å²) in [6, 6.07) is 12.7. The lowest BCUT2D eigenvalue weighted by molar-refractivity contribution is -0.157. The van der Waals surface area contributed by atoms with Gasteiger partial charge < -0.3 is 18.9 Å². The molecule has 0 aliphatic heterocycles. The van der Waals surface area contributed by atoms with Gasteiger partial charge in [-0.25, -0.2) is 23.6 Å². The number of ether oxygens (including phenoxy) is 4. The van der Waals surface area contributed by atoms with Crippen LogP contribution in [0.15, 0.2) is 60.9 Å². The summed E-state index contributed by atoms with van der Waals surface area (Å²) in [6.45, 7) is 10.3. The number of hydrogen-bond acceptors (Lipinski definition) is 8. The monoisotopic (exact) mass is 564 g/mol. The van der Waals surface area contributed by atoms with Crippen LogP contribution in [0.5, 0.6) is 11.5 Å². The third kappa shape index (κ3) is 8.41. The van der Waals surface area contributed by atoms with Crippen LogP contribution in [0, 0.1) is 5.82 Å². The predicted octanol–water partition coefficient (Wildman–Crippen LogP) is 6.21. The third-order valence-electron chi connectivity index (χ3n) is 5.32. The molecule has 0 radical (unpaired) electrons. The normalized spacial score (nSPS) is 11.7. The van der Waals surface area contributed by atoms with Crippen LogP contribution in [0.25, 0.3) is 16.6 Å². The molecule has 2 heterocycles. The molecule has 0 aliphatic carbocycles. The molecule has 0 unspecified atom stereocenters. The second-order valence-corrected chi connectivity index (χ2v) is 11.2. The highest BCUT2D eigenvalue weighted by Crippen LogP contribution is 2.30. The summed E-state index contributed by atoms with van der Waals surface area (Å²) in [4.78, 5) is 29.2. The van der Waals surface area contributed by atoms with Crippen LogP contribution in [0.4, 0.5) is 15.0 Å². The van der Waals surface area contributed by atoms with Gasteiger partial charge in [0, 0.05) is 23.3 Å². The van der Waals surface area contributed by atoms with E-state index in [4.69, 9.17) is 18.9 Å². The number of nitrogens with one attached hydrogen (secondary N) is 1. The fraction of sp³-hybridized carbons (Fsp3) is 0.333. The second kappa shape index (κ2) is 11.8. The van der Waals surface area contributed by atoms with Crippen LogP contribution in [-0.4, -0.2) is 44.6 Å². The second-order valence-electron chi connectivity index (χ2n) is 11.2. The minimum Gasteiger partial charge on any atom is -0.485 e. The van der Waals surface area contributed by atoms with Crippen LogP contribution >= 0.6 is 0 Å². The zero-order valence-electron chi connectivity index (χ0n) is 23.9. The lowest BCUT2D eigenvalue weighted by atomic mass is 10.1. The number of rotatable bonds is 8. The van der Waals surface area contributed by atoms with E-state index in [1.54, 1.807) is 88.9 Å². The molecule has 11 heteroatoms. The van der Waals surface area contributed by atoms with E-state index in [2.05, 4.69) is 15.4 Å². The largest absolute Gasteiger partial charge is 0.485 e. The Kier molecular flexibility index (Phi) is 8.46. The van der Waals surface area contributed by atoms with Crippen molar-refractivity contribution in [2.45, 2.75) is 59.4 Å².